The molecule has 3 aromatic rings. The molecule has 3 rings (SSSR count). The molecule has 0 atom stereocenters. The van der Waals surface area contributed by atoms with Gasteiger partial charge in [0, 0.05) is 43.7 Å². The van der Waals surface area contributed by atoms with Gasteiger partial charge in [0.15, 0.2) is 0 Å². The number of aromatic nitrogens is 2. The Kier molecular flexibility index (Phi) is 5.53. The lowest BCUT2D eigenvalue weighted by Crippen LogP contribution is -2.26. The molecule has 6 nitrogen and oxygen atoms in total. The van der Waals surface area contributed by atoms with E-state index >= 15 is 0 Å². The second-order valence-electron chi connectivity index (χ2n) is 5.81. The second-order valence-corrected chi connectivity index (χ2v) is 5.81. The molecule has 0 radical (unpaired) electrons. The number of aliphatic hydroxyl groups is 1. The van der Waals surface area contributed by atoms with E-state index in [-0.39, 0.29) is 6.61 Å². The summed E-state index contributed by atoms with van der Waals surface area (Å²) < 4.78 is 12.7. The molecule has 0 saturated carbocycles. The molecule has 132 valence electrons. The van der Waals surface area contributed by atoms with Crippen LogP contribution in [0.2, 0.25) is 0 Å². The van der Waals surface area contributed by atoms with Crippen molar-refractivity contribution in [2.75, 3.05) is 27.4 Å². The highest BCUT2D eigenvalue weighted by molar-refractivity contribution is 5.41. The molecule has 1 aromatic carbocycles. The van der Waals surface area contributed by atoms with E-state index in [1.807, 2.05) is 53.2 Å². The van der Waals surface area contributed by atoms with Crippen molar-refractivity contribution in [1.29, 1.82) is 0 Å². The minimum absolute atomic E-state index is 0.0891. The summed E-state index contributed by atoms with van der Waals surface area (Å²) in [6, 6.07) is 11.7. The second kappa shape index (κ2) is 8.00. The number of fused-ring (bicyclic) bond motifs is 1. The van der Waals surface area contributed by atoms with Crippen LogP contribution in [0.4, 0.5) is 0 Å². The molecule has 0 aliphatic heterocycles. The normalized spacial score (nSPS) is 11.2. The van der Waals surface area contributed by atoms with E-state index < -0.39 is 0 Å². The Morgan fingerprint density at radius 3 is 2.72 bits per heavy atom. The average Bonchev–Trinajstić information content (AvgIpc) is 3.04. The number of rotatable bonds is 8. The molecule has 0 aliphatic carbocycles. The van der Waals surface area contributed by atoms with Crippen molar-refractivity contribution in [3.8, 4) is 11.5 Å². The van der Waals surface area contributed by atoms with Gasteiger partial charge in [0.1, 0.15) is 17.1 Å². The predicted octanol–water partition coefficient (Wildman–Crippen LogP) is 2.35. The fourth-order valence-electron chi connectivity index (χ4n) is 2.87. The molecule has 0 spiro atoms. The summed E-state index contributed by atoms with van der Waals surface area (Å²) in [7, 11) is 3.28. The van der Waals surface area contributed by atoms with E-state index in [0.717, 1.165) is 28.4 Å². The number of benzene rings is 1. The van der Waals surface area contributed by atoms with Crippen LogP contribution >= 0.6 is 0 Å². The summed E-state index contributed by atoms with van der Waals surface area (Å²) in [5.74, 6) is 1.53. The summed E-state index contributed by atoms with van der Waals surface area (Å²) >= 11 is 0. The third-order valence-electron chi connectivity index (χ3n) is 4.10. The van der Waals surface area contributed by atoms with Gasteiger partial charge in [-0.1, -0.05) is 12.1 Å². The average molecular weight is 341 g/mol. The summed E-state index contributed by atoms with van der Waals surface area (Å²) in [5, 5.41) is 9.42. The van der Waals surface area contributed by atoms with Crippen molar-refractivity contribution in [2.24, 2.45) is 0 Å². The first-order valence-corrected chi connectivity index (χ1v) is 8.20. The van der Waals surface area contributed by atoms with Crippen LogP contribution in [-0.4, -0.2) is 46.8 Å². The first kappa shape index (κ1) is 17.3. The first-order chi connectivity index (χ1) is 12.2. The number of ether oxygens (including phenoxy) is 2. The van der Waals surface area contributed by atoms with E-state index in [1.54, 1.807) is 14.2 Å². The Bertz CT molecular complexity index is 799. The minimum Gasteiger partial charge on any atom is -0.497 e. The maximum Gasteiger partial charge on any atom is 0.137 e. The van der Waals surface area contributed by atoms with Crippen LogP contribution < -0.4 is 9.47 Å². The van der Waals surface area contributed by atoms with Gasteiger partial charge in [0.05, 0.1) is 26.5 Å². The molecule has 1 N–H and O–H groups in total. The van der Waals surface area contributed by atoms with Crippen molar-refractivity contribution < 1.29 is 14.6 Å². The van der Waals surface area contributed by atoms with Gasteiger partial charge in [-0.15, -0.1) is 0 Å². The molecule has 2 aromatic heterocycles. The Labute approximate surface area is 147 Å². The number of hydrogen-bond donors (Lipinski definition) is 1. The van der Waals surface area contributed by atoms with E-state index in [1.165, 1.54) is 0 Å². The Morgan fingerprint density at radius 1 is 1.12 bits per heavy atom. The fraction of sp³-hybridized carbons (Fsp3) is 0.316. The quantitative estimate of drug-likeness (QED) is 0.681. The minimum atomic E-state index is 0.0891. The third kappa shape index (κ3) is 4.10. The largest absolute Gasteiger partial charge is 0.497 e. The van der Waals surface area contributed by atoms with E-state index in [4.69, 9.17) is 9.47 Å². The molecule has 6 heteroatoms. The lowest BCUT2D eigenvalue weighted by Gasteiger charge is -2.21. The highest BCUT2D eigenvalue weighted by Crippen LogP contribution is 2.26. The maximum atomic E-state index is 9.42. The first-order valence-electron chi connectivity index (χ1n) is 8.20. The maximum absolute atomic E-state index is 9.42. The van der Waals surface area contributed by atoms with Crippen LogP contribution in [0.25, 0.3) is 5.65 Å². The van der Waals surface area contributed by atoms with Gasteiger partial charge in [-0.3, -0.25) is 4.90 Å². The monoisotopic (exact) mass is 341 g/mol. The molecule has 0 fully saturated rings. The number of imidazole rings is 1. The van der Waals surface area contributed by atoms with Crippen molar-refractivity contribution in [1.82, 2.24) is 14.3 Å². The number of hydrogen-bond acceptors (Lipinski definition) is 5. The van der Waals surface area contributed by atoms with Gasteiger partial charge in [0.2, 0.25) is 0 Å². The van der Waals surface area contributed by atoms with Crippen molar-refractivity contribution in [2.45, 2.75) is 13.1 Å². The van der Waals surface area contributed by atoms with Gasteiger partial charge in [-0.2, -0.15) is 0 Å². The molecule has 0 aliphatic rings. The van der Waals surface area contributed by atoms with Crippen molar-refractivity contribution in [3.63, 3.8) is 0 Å². The van der Waals surface area contributed by atoms with Crippen LogP contribution in [-0.2, 0) is 13.1 Å². The number of aliphatic hydroxyl groups excluding tert-OH is 1. The molecular weight excluding hydrogens is 318 g/mol. The lowest BCUT2D eigenvalue weighted by molar-refractivity contribution is 0.181. The molecule has 0 amide bonds. The highest BCUT2D eigenvalue weighted by atomic mass is 16.5. The van der Waals surface area contributed by atoms with Crippen LogP contribution in [0.15, 0.2) is 48.8 Å². The fourth-order valence-corrected chi connectivity index (χ4v) is 2.87. The Morgan fingerprint density at radius 2 is 2.00 bits per heavy atom. The Hall–Kier alpha value is -2.57. The molecule has 0 bridgehead atoms. The molecule has 25 heavy (non-hydrogen) atoms. The lowest BCUT2D eigenvalue weighted by atomic mass is 10.1. The predicted molar refractivity (Wildman–Crippen MR) is 95.9 cm³/mol. The zero-order chi connectivity index (χ0) is 17.6. The number of methoxy groups -OCH3 is 2. The van der Waals surface area contributed by atoms with Gasteiger partial charge in [0.25, 0.3) is 0 Å². The summed E-state index contributed by atoms with van der Waals surface area (Å²) in [4.78, 5) is 6.78. The SMILES string of the molecule is COc1ccc(CN(CCO)Cc2cn3ccccc3n2)c(OC)c1. The van der Waals surface area contributed by atoms with Gasteiger partial charge < -0.3 is 19.0 Å². The van der Waals surface area contributed by atoms with E-state index in [0.29, 0.717) is 19.6 Å². The Balaban J connectivity index is 1.79. The summed E-state index contributed by atoms with van der Waals surface area (Å²) in [5.41, 5.74) is 2.93. The standard InChI is InChI=1S/C19H23N3O3/c1-24-17-7-6-15(18(11-17)25-2)12-21(9-10-23)13-16-14-22-8-4-3-5-19(22)20-16/h3-8,11,14,23H,9-10,12-13H2,1-2H3. The van der Waals surface area contributed by atoms with Gasteiger partial charge in [-0.25, -0.2) is 4.98 Å². The summed E-state index contributed by atoms with van der Waals surface area (Å²) in [6.45, 7) is 1.95. The zero-order valence-corrected chi connectivity index (χ0v) is 14.6. The number of pyridine rings is 1. The van der Waals surface area contributed by atoms with Gasteiger partial charge >= 0.3 is 0 Å². The topological polar surface area (TPSA) is 59.2 Å². The van der Waals surface area contributed by atoms with E-state index in [9.17, 15) is 5.11 Å². The molecule has 0 saturated heterocycles. The van der Waals surface area contributed by atoms with Crippen molar-refractivity contribution >= 4 is 5.65 Å². The molecular formula is C19H23N3O3. The smallest absolute Gasteiger partial charge is 0.137 e. The highest BCUT2D eigenvalue weighted by Gasteiger charge is 2.13. The van der Waals surface area contributed by atoms with Crippen LogP contribution in [0.3, 0.4) is 0 Å². The summed E-state index contributed by atoms with van der Waals surface area (Å²) in [6.07, 6.45) is 4.00. The molecule has 0 unspecified atom stereocenters. The zero-order valence-electron chi connectivity index (χ0n) is 14.6. The third-order valence-corrected chi connectivity index (χ3v) is 4.10. The van der Waals surface area contributed by atoms with Gasteiger partial charge in [-0.05, 0) is 18.2 Å². The van der Waals surface area contributed by atoms with Crippen LogP contribution in [0.5, 0.6) is 11.5 Å². The van der Waals surface area contributed by atoms with Crippen LogP contribution in [0.1, 0.15) is 11.3 Å². The number of nitrogens with zero attached hydrogens (tertiary/aromatic N) is 3. The molecule has 2 heterocycles. The van der Waals surface area contributed by atoms with Crippen molar-refractivity contribution in [3.05, 3.63) is 60.0 Å². The van der Waals surface area contributed by atoms with E-state index in [2.05, 4.69) is 9.88 Å². The van der Waals surface area contributed by atoms with Crippen LogP contribution in [0, 0.1) is 0 Å².